The van der Waals surface area contributed by atoms with Crippen molar-refractivity contribution in [1.29, 1.82) is 0 Å². The van der Waals surface area contributed by atoms with Gasteiger partial charge in [-0.25, -0.2) is 22.8 Å². The smallest absolute Gasteiger partial charge is 0.261 e. The van der Waals surface area contributed by atoms with Crippen molar-refractivity contribution in [3.8, 4) is 11.3 Å². The number of amides is 1. The molecule has 1 aromatic carbocycles. The van der Waals surface area contributed by atoms with Crippen LogP contribution < -0.4 is 10.0 Å². The Hall–Kier alpha value is -3.44. The molecule has 0 saturated carbocycles. The van der Waals surface area contributed by atoms with Gasteiger partial charge in [0, 0.05) is 18.7 Å². The maximum absolute atomic E-state index is 13.1. The molecule has 8 nitrogen and oxygen atoms in total. The monoisotopic (exact) mass is 443 g/mol. The van der Waals surface area contributed by atoms with Crippen molar-refractivity contribution in [3.05, 3.63) is 60.7 Å². The summed E-state index contributed by atoms with van der Waals surface area (Å²) in [4.78, 5) is 24.6. The number of nitrogens with zero attached hydrogens (tertiary/aromatic N) is 3. The van der Waals surface area contributed by atoms with Crippen LogP contribution >= 0.6 is 11.3 Å². The minimum absolute atomic E-state index is 0.0657. The lowest BCUT2D eigenvalue weighted by Gasteiger charge is -2.09. The fourth-order valence-electron chi connectivity index (χ4n) is 2.65. The van der Waals surface area contributed by atoms with Crippen LogP contribution in [-0.4, -0.2) is 29.3 Å². The molecule has 1 amide bonds. The maximum atomic E-state index is 13.1. The van der Waals surface area contributed by atoms with E-state index in [2.05, 4.69) is 25.0 Å². The van der Waals surface area contributed by atoms with Crippen molar-refractivity contribution in [1.82, 2.24) is 15.0 Å². The zero-order valence-corrected chi connectivity index (χ0v) is 17.1. The number of carbonyl (C=O) groups is 1. The molecule has 0 radical (unpaired) electrons. The molecular formula is C19H14FN5O3S2. The summed E-state index contributed by atoms with van der Waals surface area (Å²) in [7, 11) is -3.90. The average molecular weight is 443 g/mol. The first-order valence-corrected chi connectivity index (χ1v) is 10.9. The SMILES string of the molecule is CC(=O)Nc1nc2ccc(-c3cncc(NS(=O)(=O)c4ccc(F)cc4)c3)nc2s1. The number of pyridine rings is 2. The zero-order valence-electron chi connectivity index (χ0n) is 15.5. The number of aromatic nitrogens is 3. The number of thiazole rings is 1. The summed E-state index contributed by atoms with van der Waals surface area (Å²) in [6.07, 6.45) is 2.92. The second kappa shape index (κ2) is 7.76. The lowest BCUT2D eigenvalue weighted by Crippen LogP contribution is -2.13. The molecule has 3 aromatic heterocycles. The molecule has 152 valence electrons. The number of nitrogens with one attached hydrogen (secondary N) is 2. The highest BCUT2D eigenvalue weighted by atomic mass is 32.2. The van der Waals surface area contributed by atoms with E-state index in [1.54, 1.807) is 24.4 Å². The lowest BCUT2D eigenvalue weighted by molar-refractivity contribution is -0.114. The van der Waals surface area contributed by atoms with Crippen LogP contribution in [0.25, 0.3) is 21.6 Å². The van der Waals surface area contributed by atoms with Crippen molar-refractivity contribution >= 4 is 48.4 Å². The molecule has 0 bridgehead atoms. The van der Waals surface area contributed by atoms with Gasteiger partial charge in [0.15, 0.2) is 5.13 Å². The highest BCUT2D eigenvalue weighted by Gasteiger charge is 2.15. The van der Waals surface area contributed by atoms with Crippen molar-refractivity contribution in [3.63, 3.8) is 0 Å². The van der Waals surface area contributed by atoms with Crippen LogP contribution in [0.2, 0.25) is 0 Å². The molecule has 0 aliphatic heterocycles. The summed E-state index contributed by atoms with van der Waals surface area (Å²) < 4.78 is 40.5. The molecule has 4 aromatic rings. The van der Waals surface area contributed by atoms with Gasteiger partial charge in [-0.05, 0) is 42.5 Å². The number of halogens is 1. The first-order valence-electron chi connectivity index (χ1n) is 8.59. The lowest BCUT2D eigenvalue weighted by atomic mass is 10.2. The number of anilines is 2. The molecule has 0 spiro atoms. The first kappa shape index (κ1) is 19.9. The average Bonchev–Trinajstić information content (AvgIpc) is 3.08. The first-order chi connectivity index (χ1) is 14.3. The summed E-state index contributed by atoms with van der Waals surface area (Å²) in [6.45, 7) is 1.40. The Morgan fingerprint density at radius 1 is 1.07 bits per heavy atom. The van der Waals surface area contributed by atoms with Gasteiger partial charge in [-0.2, -0.15) is 0 Å². The van der Waals surface area contributed by atoms with Crippen molar-refractivity contribution < 1.29 is 17.6 Å². The van der Waals surface area contributed by atoms with E-state index in [1.165, 1.54) is 36.6 Å². The summed E-state index contributed by atoms with van der Waals surface area (Å²) in [5.41, 5.74) is 2.03. The topological polar surface area (TPSA) is 114 Å². The van der Waals surface area contributed by atoms with E-state index >= 15 is 0 Å². The van der Waals surface area contributed by atoms with Crippen LogP contribution in [0, 0.1) is 5.82 Å². The molecule has 0 saturated heterocycles. The third-order valence-corrected chi connectivity index (χ3v) is 6.23. The highest BCUT2D eigenvalue weighted by Crippen LogP contribution is 2.28. The minimum Gasteiger partial charge on any atom is -0.302 e. The number of sulfonamides is 1. The molecule has 2 N–H and O–H groups in total. The molecule has 11 heteroatoms. The fraction of sp³-hybridized carbons (Fsp3) is 0.0526. The van der Waals surface area contributed by atoms with Gasteiger partial charge in [-0.15, -0.1) is 0 Å². The summed E-state index contributed by atoms with van der Waals surface area (Å²) in [5.74, 6) is -0.747. The minimum atomic E-state index is -3.90. The van der Waals surface area contributed by atoms with Crippen molar-refractivity contribution in [2.75, 3.05) is 10.0 Å². The van der Waals surface area contributed by atoms with Gasteiger partial charge in [-0.3, -0.25) is 14.5 Å². The Bertz CT molecular complexity index is 1350. The van der Waals surface area contributed by atoms with Gasteiger partial charge >= 0.3 is 0 Å². The van der Waals surface area contributed by atoms with E-state index in [4.69, 9.17) is 0 Å². The van der Waals surface area contributed by atoms with Crippen LogP contribution in [0.5, 0.6) is 0 Å². The highest BCUT2D eigenvalue weighted by molar-refractivity contribution is 7.92. The third kappa shape index (κ3) is 4.26. The predicted molar refractivity (Wildman–Crippen MR) is 112 cm³/mol. The van der Waals surface area contributed by atoms with Gasteiger partial charge in [-0.1, -0.05) is 11.3 Å². The van der Waals surface area contributed by atoms with Crippen LogP contribution in [0.3, 0.4) is 0 Å². The molecule has 0 aliphatic carbocycles. The van der Waals surface area contributed by atoms with E-state index in [0.29, 0.717) is 26.7 Å². The van der Waals surface area contributed by atoms with Crippen molar-refractivity contribution in [2.45, 2.75) is 11.8 Å². The largest absolute Gasteiger partial charge is 0.302 e. The van der Waals surface area contributed by atoms with Gasteiger partial charge < -0.3 is 5.32 Å². The second-order valence-corrected chi connectivity index (χ2v) is 8.90. The van der Waals surface area contributed by atoms with E-state index in [-0.39, 0.29) is 16.5 Å². The number of carbonyl (C=O) groups excluding carboxylic acids is 1. The standard InChI is InChI=1S/C19H14FN5O3S2/c1-11(26)22-19-24-17-7-6-16(23-18(17)29-19)12-8-14(10-21-9-12)25-30(27,28)15-4-2-13(20)3-5-15/h2-10,25H,1H3,(H,22,24,26). The van der Waals surface area contributed by atoms with Gasteiger partial charge in [0.05, 0.1) is 22.5 Å². The molecule has 0 fully saturated rings. The van der Waals surface area contributed by atoms with Crippen LogP contribution in [0.1, 0.15) is 6.92 Å². The number of hydrogen-bond donors (Lipinski definition) is 2. The molecule has 0 aliphatic rings. The van der Waals surface area contributed by atoms with Gasteiger partial charge in [0.2, 0.25) is 5.91 Å². The predicted octanol–water partition coefficient (Wildman–Crippen LogP) is 3.65. The van der Waals surface area contributed by atoms with E-state index < -0.39 is 15.8 Å². The number of hydrogen-bond acceptors (Lipinski definition) is 7. The van der Waals surface area contributed by atoms with Crippen LogP contribution in [0.15, 0.2) is 59.8 Å². The second-order valence-electron chi connectivity index (χ2n) is 6.24. The van der Waals surface area contributed by atoms with Gasteiger partial charge in [0.25, 0.3) is 10.0 Å². The van der Waals surface area contributed by atoms with Crippen LogP contribution in [0.4, 0.5) is 15.2 Å². The Labute approximate surface area is 174 Å². The molecule has 0 atom stereocenters. The Kier molecular flexibility index (Phi) is 5.14. The van der Waals surface area contributed by atoms with Crippen molar-refractivity contribution in [2.24, 2.45) is 0 Å². The number of fused-ring (bicyclic) bond motifs is 1. The van der Waals surface area contributed by atoms with E-state index in [0.717, 1.165) is 12.1 Å². The summed E-state index contributed by atoms with van der Waals surface area (Å²) in [6, 6.07) is 9.60. The normalized spacial score (nSPS) is 11.4. The molecular weight excluding hydrogens is 429 g/mol. The van der Waals surface area contributed by atoms with E-state index in [1.807, 2.05) is 0 Å². The Morgan fingerprint density at radius 3 is 2.57 bits per heavy atom. The molecule has 30 heavy (non-hydrogen) atoms. The molecule has 3 heterocycles. The third-order valence-electron chi connectivity index (χ3n) is 3.95. The molecule has 4 rings (SSSR count). The van der Waals surface area contributed by atoms with E-state index in [9.17, 15) is 17.6 Å². The van der Waals surface area contributed by atoms with Gasteiger partial charge in [0.1, 0.15) is 16.2 Å². The fourth-order valence-corrected chi connectivity index (χ4v) is 4.56. The molecule has 0 unspecified atom stereocenters. The zero-order chi connectivity index (χ0) is 21.3. The van der Waals surface area contributed by atoms with Crippen LogP contribution in [-0.2, 0) is 14.8 Å². The quantitative estimate of drug-likeness (QED) is 0.487. The Balaban J connectivity index is 1.63. The number of benzene rings is 1. The summed E-state index contributed by atoms with van der Waals surface area (Å²) >= 11 is 1.23. The summed E-state index contributed by atoms with van der Waals surface area (Å²) in [5, 5.41) is 3.07. The Morgan fingerprint density at radius 2 is 1.83 bits per heavy atom. The number of rotatable bonds is 5. The maximum Gasteiger partial charge on any atom is 0.261 e.